The fraction of sp³-hybridized carbons (Fsp3) is 0.556. The van der Waals surface area contributed by atoms with Gasteiger partial charge in [0.15, 0.2) is 0 Å². The van der Waals surface area contributed by atoms with E-state index in [1.54, 1.807) is 0 Å². The minimum atomic E-state index is 0.465. The maximum Gasteiger partial charge on any atom is 0.0357 e. The van der Waals surface area contributed by atoms with Crippen LogP contribution in [0.25, 0.3) is 0 Å². The second-order valence-corrected chi connectivity index (χ2v) is 5.68. The van der Waals surface area contributed by atoms with Crippen molar-refractivity contribution in [3.63, 3.8) is 0 Å². The number of allylic oxidation sites excluding steroid dienone is 5. The molecule has 0 aliphatic heterocycles. The standard InChI is InChI=1S/C18H29N/c1-7-14(5)11-16(13(3)4)17-12-15(6)9-10-18(17)19-8-2/h7,9,11-13,18-19H,8,10H2,1-6H3/b14-7-,16-11-. The predicted molar refractivity (Wildman–Crippen MR) is 86.3 cm³/mol. The summed E-state index contributed by atoms with van der Waals surface area (Å²) in [6.07, 6.45) is 10.3. The Morgan fingerprint density at radius 3 is 2.68 bits per heavy atom. The Hall–Kier alpha value is -1.08. The molecule has 1 atom stereocenters. The molecule has 1 heteroatoms. The third-order valence-electron chi connectivity index (χ3n) is 3.68. The van der Waals surface area contributed by atoms with Gasteiger partial charge in [-0.2, -0.15) is 0 Å². The SMILES string of the molecule is C/C=C(C)\C=C(/C1=CC(C)=CCC1NCC)C(C)C. The summed E-state index contributed by atoms with van der Waals surface area (Å²) in [7, 11) is 0. The van der Waals surface area contributed by atoms with Gasteiger partial charge < -0.3 is 5.32 Å². The average molecular weight is 259 g/mol. The number of rotatable bonds is 5. The summed E-state index contributed by atoms with van der Waals surface area (Å²) in [5.41, 5.74) is 5.66. The van der Waals surface area contributed by atoms with E-state index in [1.165, 1.54) is 22.3 Å². The minimum absolute atomic E-state index is 0.465. The van der Waals surface area contributed by atoms with Crippen molar-refractivity contribution in [3.8, 4) is 0 Å². The van der Waals surface area contributed by atoms with Crippen LogP contribution in [0.15, 0.2) is 46.6 Å². The maximum absolute atomic E-state index is 3.61. The summed E-state index contributed by atoms with van der Waals surface area (Å²) in [5.74, 6) is 0.549. The van der Waals surface area contributed by atoms with E-state index < -0.39 is 0 Å². The van der Waals surface area contributed by atoms with Gasteiger partial charge in [-0.05, 0) is 50.8 Å². The van der Waals surface area contributed by atoms with Crippen molar-refractivity contribution in [2.24, 2.45) is 5.92 Å². The first-order chi connectivity index (χ1) is 8.99. The van der Waals surface area contributed by atoms with Crippen molar-refractivity contribution < 1.29 is 0 Å². The summed E-state index contributed by atoms with van der Waals surface area (Å²) in [6, 6.07) is 0.465. The largest absolute Gasteiger partial charge is 0.310 e. The van der Waals surface area contributed by atoms with Crippen LogP contribution in [0.3, 0.4) is 0 Å². The molecule has 1 rings (SSSR count). The summed E-state index contributed by atoms with van der Waals surface area (Å²) in [5, 5.41) is 3.61. The van der Waals surface area contributed by atoms with Crippen LogP contribution in [-0.2, 0) is 0 Å². The Bertz CT molecular complexity index is 419. The number of hydrogen-bond acceptors (Lipinski definition) is 1. The van der Waals surface area contributed by atoms with Crippen molar-refractivity contribution in [1.82, 2.24) is 5.32 Å². The normalized spacial score (nSPS) is 21.5. The van der Waals surface area contributed by atoms with Gasteiger partial charge in [0.2, 0.25) is 0 Å². The van der Waals surface area contributed by atoms with Gasteiger partial charge in [0.25, 0.3) is 0 Å². The molecule has 19 heavy (non-hydrogen) atoms. The fourth-order valence-electron chi connectivity index (χ4n) is 2.47. The van der Waals surface area contributed by atoms with Crippen LogP contribution in [-0.4, -0.2) is 12.6 Å². The Morgan fingerprint density at radius 2 is 2.16 bits per heavy atom. The fourth-order valence-corrected chi connectivity index (χ4v) is 2.47. The van der Waals surface area contributed by atoms with Crippen LogP contribution in [0.2, 0.25) is 0 Å². The third kappa shape index (κ3) is 4.50. The summed E-state index contributed by atoms with van der Waals surface area (Å²) in [6.45, 7) is 14.2. The molecule has 0 aromatic heterocycles. The molecule has 0 saturated carbocycles. The van der Waals surface area contributed by atoms with Crippen molar-refractivity contribution in [3.05, 3.63) is 46.6 Å². The first-order valence-corrected chi connectivity index (χ1v) is 7.46. The van der Waals surface area contributed by atoms with Gasteiger partial charge in [-0.15, -0.1) is 0 Å². The first-order valence-electron chi connectivity index (χ1n) is 7.46. The molecule has 0 radical (unpaired) electrons. The van der Waals surface area contributed by atoms with Gasteiger partial charge in [0.05, 0.1) is 0 Å². The van der Waals surface area contributed by atoms with E-state index in [4.69, 9.17) is 0 Å². The predicted octanol–water partition coefficient (Wildman–Crippen LogP) is 4.79. The third-order valence-corrected chi connectivity index (χ3v) is 3.68. The maximum atomic E-state index is 3.61. The van der Waals surface area contributed by atoms with Crippen molar-refractivity contribution in [1.29, 1.82) is 0 Å². The highest BCUT2D eigenvalue weighted by Gasteiger charge is 2.20. The molecular formula is C18H29N. The van der Waals surface area contributed by atoms with Crippen molar-refractivity contribution in [2.45, 2.75) is 54.0 Å². The molecule has 106 valence electrons. The molecule has 0 amide bonds. The second kappa shape index (κ2) is 7.49. The Balaban J connectivity index is 3.17. The van der Waals surface area contributed by atoms with Gasteiger partial charge in [-0.3, -0.25) is 0 Å². The van der Waals surface area contributed by atoms with Crippen LogP contribution in [0, 0.1) is 5.92 Å². The lowest BCUT2D eigenvalue weighted by Gasteiger charge is -2.28. The van der Waals surface area contributed by atoms with Crippen molar-refractivity contribution in [2.75, 3.05) is 6.54 Å². The van der Waals surface area contributed by atoms with E-state index in [0.29, 0.717) is 12.0 Å². The second-order valence-electron chi connectivity index (χ2n) is 5.68. The molecule has 1 unspecified atom stereocenters. The van der Waals surface area contributed by atoms with Gasteiger partial charge >= 0.3 is 0 Å². The van der Waals surface area contributed by atoms with E-state index in [1.807, 2.05) is 0 Å². The summed E-state index contributed by atoms with van der Waals surface area (Å²) in [4.78, 5) is 0. The molecular weight excluding hydrogens is 230 g/mol. The molecule has 0 saturated heterocycles. The molecule has 0 fully saturated rings. The zero-order valence-corrected chi connectivity index (χ0v) is 13.4. The average Bonchev–Trinajstić information content (AvgIpc) is 2.37. The Kier molecular flexibility index (Phi) is 6.30. The van der Waals surface area contributed by atoms with Crippen LogP contribution in [0.1, 0.15) is 48.0 Å². The first kappa shape index (κ1) is 16.0. The summed E-state index contributed by atoms with van der Waals surface area (Å²) >= 11 is 0. The highest BCUT2D eigenvalue weighted by Crippen LogP contribution is 2.29. The van der Waals surface area contributed by atoms with E-state index in [-0.39, 0.29) is 0 Å². The van der Waals surface area contributed by atoms with Crippen LogP contribution < -0.4 is 5.32 Å². The molecule has 1 aliphatic carbocycles. The lowest BCUT2D eigenvalue weighted by atomic mass is 9.83. The molecule has 0 aromatic carbocycles. The molecule has 1 nitrogen and oxygen atoms in total. The van der Waals surface area contributed by atoms with Gasteiger partial charge in [-0.25, -0.2) is 0 Å². The zero-order valence-electron chi connectivity index (χ0n) is 13.4. The topological polar surface area (TPSA) is 12.0 Å². The summed E-state index contributed by atoms with van der Waals surface area (Å²) < 4.78 is 0. The minimum Gasteiger partial charge on any atom is -0.310 e. The number of likely N-dealkylation sites (N-methyl/N-ethyl adjacent to an activating group) is 1. The number of nitrogens with one attached hydrogen (secondary N) is 1. The van der Waals surface area contributed by atoms with Crippen LogP contribution in [0.5, 0.6) is 0 Å². The molecule has 0 aromatic rings. The smallest absolute Gasteiger partial charge is 0.0357 e. The quantitative estimate of drug-likeness (QED) is 0.700. The van der Waals surface area contributed by atoms with E-state index in [0.717, 1.165) is 13.0 Å². The Morgan fingerprint density at radius 1 is 1.47 bits per heavy atom. The van der Waals surface area contributed by atoms with Gasteiger partial charge in [0.1, 0.15) is 0 Å². The zero-order chi connectivity index (χ0) is 14.4. The number of hydrogen-bond donors (Lipinski definition) is 1. The monoisotopic (exact) mass is 259 g/mol. The molecule has 0 bridgehead atoms. The van der Waals surface area contributed by atoms with Crippen LogP contribution >= 0.6 is 0 Å². The van der Waals surface area contributed by atoms with E-state index in [9.17, 15) is 0 Å². The molecule has 1 N–H and O–H groups in total. The van der Waals surface area contributed by atoms with Gasteiger partial charge in [0, 0.05) is 6.04 Å². The highest BCUT2D eigenvalue weighted by atomic mass is 14.9. The molecule has 0 heterocycles. The van der Waals surface area contributed by atoms with Crippen LogP contribution in [0.4, 0.5) is 0 Å². The molecule has 0 spiro atoms. The Labute approximate surface area is 119 Å². The van der Waals surface area contributed by atoms with Crippen molar-refractivity contribution >= 4 is 0 Å². The van der Waals surface area contributed by atoms with E-state index in [2.05, 4.69) is 71.2 Å². The van der Waals surface area contributed by atoms with Gasteiger partial charge in [-0.1, -0.05) is 56.2 Å². The van der Waals surface area contributed by atoms with E-state index >= 15 is 0 Å². The lowest BCUT2D eigenvalue weighted by molar-refractivity contribution is 0.579. The lowest BCUT2D eigenvalue weighted by Crippen LogP contribution is -2.33. The highest BCUT2D eigenvalue weighted by molar-refractivity contribution is 5.46. The molecule has 1 aliphatic rings.